The van der Waals surface area contributed by atoms with Gasteiger partial charge in [-0.1, -0.05) is 12.1 Å². The molecule has 1 aromatic heterocycles. The highest BCUT2D eigenvalue weighted by molar-refractivity contribution is 6.28. The van der Waals surface area contributed by atoms with Crippen molar-refractivity contribution >= 4 is 54.7 Å². The maximum absolute atomic E-state index is 11.4. The summed E-state index contributed by atoms with van der Waals surface area (Å²) in [5.74, 6) is 0. The van der Waals surface area contributed by atoms with Crippen molar-refractivity contribution in [2.24, 2.45) is 0 Å². The van der Waals surface area contributed by atoms with Crippen LogP contribution in [0.5, 0.6) is 0 Å². The molecule has 0 unspecified atom stereocenters. The molecule has 0 N–H and O–H groups in total. The van der Waals surface area contributed by atoms with Gasteiger partial charge in [0.15, 0.2) is 0 Å². The Balaban J connectivity index is 2.08. The summed E-state index contributed by atoms with van der Waals surface area (Å²) in [6, 6.07) is 17.6. The lowest BCUT2D eigenvalue weighted by Gasteiger charge is -2.04. The van der Waals surface area contributed by atoms with Crippen molar-refractivity contribution in [2.45, 2.75) is 13.5 Å². The average Bonchev–Trinajstić information content (AvgIpc) is 3.07. The monoisotopic (exact) mass is 385 g/mol. The molecule has 0 fully saturated rings. The SMILES string of the molecule is CCn1c2ccc3ccc([N+](=O)[O-])cc3c2c2c3cc([N+](=O)[O-])ccc3ccc21. The standard InChI is InChI=1S/C22H15N3O4/c1-2-23-19-9-5-13-3-7-15(24(26)27)11-17(13)21(19)22-18-12-16(25(28)29)8-4-14(18)6-10-20(22)23/h3-12H,2H2,1H3. The van der Waals surface area contributed by atoms with E-state index < -0.39 is 9.85 Å². The summed E-state index contributed by atoms with van der Waals surface area (Å²) in [6.45, 7) is 2.75. The second-order valence-corrected chi connectivity index (χ2v) is 6.99. The number of hydrogen-bond acceptors (Lipinski definition) is 4. The fraction of sp³-hybridized carbons (Fsp3) is 0.0909. The predicted octanol–water partition coefficient (Wildman–Crippen LogP) is 5.94. The highest BCUT2D eigenvalue weighted by atomic mass is 16.6. The van der Waals surface area contributed by atoms with Crippen LogP contribution in [0.25, 0.3) is 43.4 Å². The summed E-state index contributed by atoms with van der Waals surface area (Å²) in [4.78, 5) is 21.9. The van der Waals surface area contributed by atoms with Crippen LogP contribution in [0.1, 0.15) is 6.92 Å². The number of rotatable bonds is 3. The lowest BCUT2D eigenvalue weighted by Crippen LogP contribution is -1.93. The van der Waals surface area contributed by atoms with Crippen molar-refractivity contribution in [1.29, 1.82) is 0 Å². The molecule has 0 spiro atoms. The molecule has 0 aliphatic carbocycles. The lowest BCUT2D eigenvalue weighted by atomic mass is 9.99. The largest absolute Gasteiger partial charge is 0.341 e. The second-order valence-electron chi connectivity index (χ2n) is 6.99. The predicted molar refractivity (Wildman–Crippen MR) is 113 cm³/mol. The normalized spacial score (nSPS) is 11.6. The van der Waals surface area contributed by atoms with Crippen LogP contribution in [0.4, 0.5) is 11.4 Å². The fourth-order valence-corrected chi connectivity index (χ4v) is 4.27. The van der Waals surface area contributed by atoms with E-state index in [2.05, 4.69) is 4.57 Å². The number of hydrogen-bond donors (Lipinski definition) is 0. The summed E-state index contributed by atoms with van der Waals surface area (Å²) in [6.07, 6.45) is 0. The molecule has 0 aliphatic rings. The van der Waals surface area contributed by atoms with Gasteiger partial charge < -0.3 is 4.57 Å². The highest BCUT2D eigenvalue weighted by Gasteiger charge is 2.18. The number of non-ortho nitro benzene ring substituents is 2. The Bertz CT molecular complexity index is 1390. The van der Waals surface area contributed by atoms with E-state index in [0.717, 1.165) is 43.4 Å². The van der Waals surface area contributed by atoms with Crippen LogP contribution in [0, 0.1) is 20.2 Å². The molecular formula is C22H15N3O4. The highest BCUT2D eigenvalue weighted by Crippen LogP contribution is 2.40. The smallest absolute Gasteiger partial charge is 0.270 e. The Morgan fingerprint density at radius 1 is 0.724 bits per heavy atom. The van der Waals surface area contributed by atoms with Gasteiger partial charge in [0, 0.05) is 52.6 Å². The average molecular weight is 385 g/mol. The molecule has 0 amide bonds. The maximum Gasteiger partial charge on any atom is 0.270 e. The molecule has 7 heteroatoms. The quantitative estimate of drug-likeness (QED) is 0.284. The molecule has 1 heterocycles. The summed E-state index contributed by atoms with van der Waals surface area (Å²) in [5, 5.41) is 27.8. The zero-order valence-corrected chi connectivity index (χ0v) is 15.5. The molecule has 29 heavy (non-hydrogen) atoms. The van der Waals surface area contributed by atoms with Gasteiger partial charge in [0.1, 0.15) is 0 Å². The van der Waals surface area contributed by atoms with Crippen molar-refractivity contribution in [3.8, 4) is 0 Å². The van der Waals surface area contributed by atoms with Crippen molar-refractivity contribution in [3.63, 3.8) is 0 Å². The van der Waals surface area contributed by atoms with E-state index in [9.17, 15) is 20.2 Å². The Labute approximate surface area is 164 Å². The molecule has 5 rings (SSSR count). The molecule has 142 valence electrons. The number of nitrogens with zero attached hydrogens (tertiary/aromatic N) is 3. The number of aromatic nitrogens is 1. The molecule has 0 saturated carbocycles. The molecule has 5 aromatic rings. The van der Waals surface area contributed by atoms with Gasteiger partial charge in [-0.25, -0.2) is 0 Å². The van der Waals surface area contributed by atoms with E-state index in [4.69, 9.17) is 0 Å². The molecule has 4 aromatic carbocycles. The molecule has 0 saturated heterocycles. The van der Waals surface area contributed by atoms with E-state index >= 15 is 0 Å². The van der Waals surface area contributed by atoms with Crippen molar-refractivity contribution in [1.82, 2.24) is 4.57 Å². The van der Waals surface area contributed by atoms with Gasteiger partial charge >= 0.3 is 0 Å². The van der Waals surface area contributed by atoms with Crippen LogP contribution in [-0.4, -0.2) is 14.4 Å². The Morgan fingerprint density at radius 3 is 1.52 bits per heavy atom. The third-order valence-corrected chi connectivity index (χ3v) is 5.54. The minimum atomic E-state index is -0.403. The van der Waals surface area contributed by atoms with Gasteiger partial charge in [-0.05, 0) is 52.7 Å². The first kappa shape index (κ1) is 17.1. The second kappa shape index (κ2) is 6.00. The summed E-state index contributed by atoms with van der Waals surface area (Å²) in [5.41, 5.74) is 1.95. The summed E-state index contributed by atoms with van der Waals surface area (Å²) in [7, 11) is 0. The summed E-state index contributed by atoms with van der Waals surface area (Å²) < 4.78 is 2.14. The minimum absolute atomic E-state index is 0.0219. The fourth-order valence-electron chi connectivity index (χ4n) is 4.27. The number of benzene rings is 4. The van der Waals surface area contributed by atoms with Crippen LogP contribution in [0.15, 0.2) is 60.7 Å². The Hall–Kier alpha value is -4.00. The number of nitro groups is 2. The third-order valence-electron chi connectivity index (χ3n) is 5.54. The number of fused-ring (bicyclic) bond motifs is 7. The number of aryl methyl sites for hydroxylation is 1. The first-order chi connectivity index (χ1) is 14.0. The van der Waals surface area contributed by atoms with Crippen LogP contribution >= 0.6 is 0 Å². The van der Waals surface area contributed by atoms with Gasteiger partial charge in [0.25, 0.3) is 11.4 Å². The maximum atomic E-state index is 11.4. The van der Waals surface area contributed by atoms with E-state index in [0.29, 0.717) is 6.54 Å². The Morgan fingerprint density at radius 2 is 1.14 bits per heavy atom. The van der Waals surface area contributed by atoms with Gasteiger partial charge in [0.2, 0.25) is 0 Å². The van der Waals surface area contributed by atoms with Gasteiger partial charge in [-0.15, -0.1) is 0 Å². The van der Waals surface area contributed by atoms with Crippen molar-refractivity contribution in [3.05, 3.63) is 80.9 Å². The molecule has 0 aliphatic heterocycles. The molecule has 0 atom stereocenters. The zero-order valence-electron chi connectivity index (χ0n) is 15.5. The third kappa shape index (κ3) is 2.37. The topological polar surface area (TPSA) is 91.2 Å². The first-order valence-electron chi connectivity index (χ1n) is 9.20. The van der Waals surface area contributed by atoms with Gasteiger partial charge in [-0.2, -0.15) is 0 Å². The molecule has 7 nitrogen and oxygen atoms in total. The van der Waals surface area contributed by atoms with E-state index in [-0.39, 0.29) is 11.4 Å². The van der Waals surface area contributed by atoms with Crippen molar-refractivity contribution < 1.29 is 9.85 Å². The first-order valence-corrected chi connectivity index (χ1v) is 9.20. The molecule has 0 bridgehead atoms. The van der Waals surface area contributed by atoms with Crippen LogP contribution in [0.3, 0.4) is 0 Å². The zero-order chi connectivity index (χ0) is 20.3. The van der Waals surface area contributed by atoms with Gasteiger partial charge in [-0.3, -0.25) is 20.2 Å². The van der Waals surface area contributed by atoms with Crippen LogP contribution in [0.2, 0.25) is 0 Å². The van der Waals surface area contributed by atoms with E-state index in [1.54, 1.807) is 24.3 Å². The van der Waals surface area contributed by atoms with Crippen molar-refractivity contribution in [2.75, 3.05) is 0 Å². The summed E-state index contributed by atoms with van der Waals surface area (Å²) >= 11 is 0. The molecular weight excluding hydrogens is 370 g/mol. The molecule has 0 radical (unpaired) electrons. The Kier molecular flexibility index (Phi) is 3.54. The van der Waals surface area contributed by atoms with E-state index in [1.165, 1.54) is 12.1 Å². The minimum Gasteiger partial charge on any atom is -0.341 e. The van der Waals surface area contributed by atoms with Gasteiger partial charge in [0.05, 0.1) is 9.85 Å². The number of nitro benzene ring substituents is 2. The van der Waals surface area contributed by atoms with E-state index in [1.807, 2.05) is 31.2 Å². The lowest BCUT2D eigenvalue weighted by molar-refractivity contribution is -0.384. The van der Waals surface area contributed by atoms with Crippen LogP contribution < -0.4 is 0 Å². The van der Waals surface area contributed by atoms with Crippen LogP contribution in [-0.2, 0) is 6.54 Å².